The third kappa shape index (κ3) is 2.22. The molecule has 1 N–H and O–H groups in total. The SMILES string of the molecule is CNCc1cc(-c2ccc(F)cc2)no1. The molecule has 0 unspecified atom stereocenters. The highest BCUT2D eigenvalue weighted by Gasteiger charge is 2.05. The number of hydrogen-bond acceptors (Lipinski definition) is 3. The molecule has 1 aromatic carbocycles. The Morgan fingerprint density at radius 3 is 2.73 bits per heavy atom. The number of halogens is 1. The fraction of sp³-hybridized carbons (Fsp3) is 0.182. The Morgan fingerprint density at radius 2 is 2.07 bits per heavy atom. The van der Waals surface area contributed by atoms with Crippen LogP contribution in [0.4, 0.5) is 4.39 Å². The first kappa shape index (κ1) is 9.86. The molecular weight excluding hydrogens is 195 g/mol. The van der Waals surface area contributed by atoms with Crippen molar-refractivity contribution in [2.45, 2.75) is 6.54 Å². The van der Waals surface area contributed by atoms with Gasteiger partial charge in [-0.05, 0) is 31.3 Å². The van der Waals surface area contributed by atoms with Crippen LogP contribution in [-0.4, -0.2) is 12.2 Å². The molecule has 0 saturated heterocycles. The molecule has 2 rings (SSSR count). The summed E-state index contributed by atoms with van der Waals surface area (Å²) in [5.41, 5.74) is 1.57. The van der Waals surface area contributed by atoms with Gasteiger partial charge in [0.2, 0.25) is 0 Å². The van der Waals surface area contributed by atoms with Crippen molar-refractivity contribution in [2.24, 2.45) is 0 Å². The van der Waals surface area contributed by atoms with Gasteiger partial charge in [0.25, 0.3) is 0 Å². The second-order valence-corrected chi connectivity index (χ2v) is 3.22. The van der Waals surface area contributed by atoms with Crippen molar-refractivity contribution < 1.29 is 8.91 Å². The highest BCUT2D eigenvalue weighted by Crippen LogP contribution is 2.19. The molecule has 0 amide bonds. The summed E-state index contributed by atoms with van der Waals surface area (Å²) in [4.78, 5) is 0. The molecule has 0 spiro atoms. The summed E-state index contributed by atoms with van der Waals surface area (Å²) >= 11 is 0. The van der Waals surface area contributed by atoms with Crippen LogP contribution >= 0.6 is 0 Å². The van der Waals surface area contributed by atoms with Crippen molar-refractivity contribution in [2.75, 3.05) is 7.05 Å². The Bertz CT molecular complexity index is 436. The van der Waals surface area contributed by atoms with Crippen molar-refractivity contribution in [3.8, 4) is 11.3 Å². The maximum atomic E-state index is 12.7. The predicted molar refractivity (Wildman–Crippen MR) is 54.7 cm³/mol. The first-order valence-corrected chi connectivity index (χ1v) is 4.66. The zero-order valence-electron chi connectivity index (χ0n) is 8.33. The maximum absolute atomic E-state index is 12.7. The van der Waals surface area contributed by atoms with Crippen LogP contribution in [0.1, 0.15) is 5.76 Å². The molecule has 0 radical (unpaired) electrons. The molecule has 2 aromatic rings. The lowest BCUT2D eigenvalue weighted by molar-refractivity contribution is 0.379. The van der Waals surface area contributed by atoms with E-state index in [0.29, 0.717) is 6.54 Å². The monoisotopic (exact) mass is 206 g/mol. The molecule has 4 heteroatoms. The molecule has 78 valence electrons. The zero-order valence-corrected chi connectivity index (χ0v) is 8.33. The van der Waals surface area contributed by atoms with Crippen LogP contribution in [0.15, 0.2) is 34.9 Å². The second kappa shape index (κ2) is 4.23. The highest BCUT2D eigenvalue weighted by atomic mass is 19.1. The quantitative estimate of drug-likeness (QED) is 0.836. The van der Waals surface area contributed by atoms with E-state index in [2.05, 4.69) is 10.5 Å². The molecule has 1 heterocycles. The van der Waals surface area contributed by atoms with Gasteiger partial charge in [-0.15, -0.1) is 0 Å². The summed E-state index contributed by atoms with van der Waals surface area (Å²) in [6.45, 7) is 0.633. The Kier molecular flexibility index (Phi) is 2.78. The smallest absolute Gasteiger partial charge is 0.151 e. The molecule has 15 heavy (non-hydrogen) atoms. The molecular formula is C11H11FN2O. The van der Waals surface area contributed by atoms with Crippen molar-refractivity contribution in [3.63, 3.8) is 0 Å². The summed E-state index contributed by atoms with van der Waals surface area (Å²) < 4.78 is 17.8. The van der Waals surface area contributed by atoms with E-state index in [4.69, 9.17) is 4.52 Å². The molecule has 0 aliphatic heterocycles. The third-order valence-electron chi connectivity index (χ3n) is 2.05. The fourth-order valence-corrected chi connectivity index (χ4v) is 1.33. The third-order valence-corrected chi connectivity index (χ3v) is 2.05. The van der Waals surface area contributed by atoms with Gasteiger partial charge in [-0.2, -0.15) is 0 Å². The van der Waals surface area contributed by atoms with Gasteiger partial charge < -0.3 is 9.84 Å². The number of rotatable bonds is 3. The summed E-state index contributed by atoms with van der Waals surface area (Å²) in [6.07, 6.45) is 0. The van der Waals surface area contributed by atoms with Crippen LogP contribution < -0.4 is 5.32 Å². The molecule has 0 bridgehead atoms. The summed E-state index contributed by atoms with van der Waals surface area (Å²) in [5, 5.41) is 6.86. The standard InChI is InChI=1S/C11H11FN2O/c1-13-7-10-6-11(14-15-10)8-2-4-9(12)5-3-8/h2-6,13H,7H2,1H3. The van der Waals surface area contributed by atoms with Crippen LogP contribution in [0.5, 0.6) is 0 Å². The molecule has 0 aliphatic rings. The van der Waals surface area contributed by atoms with Gasteiger partial charge in [0.05, 0.1) is 6.54 Å². The summed E-state index contributed by atoms with van der Waals surface area (Å²) in [7, 11) is 1.83. The van der Waals surface area contributed by atoms with E-state index in [1.54, 1.807) is 12.1 Å². The van der Waals surface area contributed by atoms with Gasteiger partial charge >= 0.3 is 0 Å². The lowest BCUT2D eigenvalue weighted by atomic mass is 10.1. The lowest BCUT2D eigenvalue weighted by Gasteiger charge is -1.93. The molecule has 0 aliphatic carbocycles. The average molecular weight is 206 g/mol. The predicted octanol–water partition coefficient (Wildman–Crippen LogP) is 2.20. The van der Waals surface area contributed by atoms with Gasteiger partial charge in [-0.25, -0.2) is 4.39 Å². The van der Waals surface area contributed by atoms with Crippen LogP contribution in [0.3, 0.4) is 0 Å². The molecule has 3 nitrogen and oxygen atoms in total. The Balaban J connectivity index is 2.25. The number of aromatic nitrogens is 1. The first-order valence-electron chi connectivity index (χ1n) is 4.66. The van der Waals surface area contributed by atoms with E-state index >= 15 is 0 Å². The largest absolute Gasteiger partial charge is 0.359 e. The van der Waals surface area contributed by atoms with E-state index < -0.39 is 0 Å². The normalized spacial score (nSPS) is 10.5. The zero-order chi connectivity index (χ0) is 10.7. The van der Waals surface area contributed by atoms with Crippen molar-refractivity contribution in [1.82, 2.24) is 10.5 Å². The minimum absolute atomic E-state index is 0.252. The number of nitrogens with one attached hydrogen (secondary N) is 1. The Hall–Kier alpha value is -1.68. The average Bonchev–Trinajstić information content (AvgIpc) is 2.68. The molecule has 0 saturated carbocycles. The van der Waals surface area contributed by atoms with Gasteiger partial charge in [0.1, 0.15) is 11.5 Å². The summed E-state index contributed by atoms with van der Waals surface area (Å²) in [6, 6.07) is 8.00. The molecule has 1 aromatic heterocycles. The number of benzene rings is 1. The molecule has 0 fully saturated rings. The first-order chi connectivity index (χ1) is 7.29. The minimum Gasteiger partial charge on any atom is -0.359 e. The van der Waals surface area contributed by atoms with E-state index in [9.17, 15) is 4.39 Å². The van der Waals surface area contributed by atoms with Crippen LogP contribution in [0.2, 0.25) is 0 Å². The van der Waals surface area contributed by atoms with E-state index in [1.165, 1.54) is 12.1 Å². The Morgan fingerprint density at radius 1 is 1.33 bits per heavy atom. The minimum atomic E-state index is -0.252. The number of hydrogen-bond donors (Lipinski definition) is 1. The van der Waals surface area contributed by atoms with Gasteiger partial charge in [0, 0.05) is 11.6 Å². The van der Waals surface area contributed by atoms with Crippen LogP contribution in [0.25, 0.3) is 11.3 Å². The lowest BCUT2D eigenvalue weighted by Crippen LogP contribution is -2.03. The topological polar surface area (TPSA) is 38.1 Å². The second-order valence-electron chi connectivity index (χ2n) is 3.22. The Labute approximate surface area is 86.9 Å². The van der Waals surface area contributed by atoms with Crippen LogP contribution in [0, 0.1) is 5.82 Å². The van der Waals surface area contributed by atoms with Crippen molar-refractivity contribution in [3.05, 3.63) is 41.9 Å². The number of nitrogens with zero attached hydrogens (tertiary/aromatic N) is 1. The van der Waals surface area contributed by atoms with Crippen molar-refractivity contribution >= 4 is 0 Å². The maximum Gasteiger partial charge on any atom is 0.151 e. The van der Waals surface area contributed by atoms with E-state index in [0.717, 1.165) is 17.0 Å². The van der Waals surface area contributed by atoms with Gasteiger partial charge in [-0.1, -0.05) is 5.16 Å². The van der Waals surface area contributed by atoms with Gasteiger partial charge in [-0.3, -0.25) is 0 Å². The highest BCUT2D eigenvalue weighted by molar-refractivity contribution is 5.58. The van der Waals surface area contributed by atoms with Crippen LogP contribution in [-0.2, 0) is 6.54 Å². The fourth-order valence-electron chi connectivity index (χ4n) is 1.33. The van der Waals surface area contributed by atoms with E-state index in [-0.39, 0.29) is 5.82 Å². The van der Waals surface area contributed by atoms with Gasteiger partial charge in [0.15, 0.2) is 5.76 Å². The molecule has 0 atom stereocenters. The van der Waals surface area contributed by atoms with E-state index in [1.807, 2.05) is 13.1 Å². The van der Waals surface area contributed by atoms with Crippen molar-refractivity contribution in [1.29, 1.82) is 0 Å². The summed E-state index contributed by atoms with van der Waals surface area (Å²) in [5.74, 6) is 0.509.